The molecule has 3 aliphatic rings. The number of hydrogen-bond acceptors (Lipinski definition) is 4. The summed E-state index contributed by atoms with van der Waals surface area (Å²) in [5.41, 5.74) is 0. The van der Waals surface area contributed by atoms with E-state index in [2.05, 4.69) is 17.1 Å². The topological polar surface area (TPSA) is 55.8 Å². The van der Waals surface area contributed by atoms with E-state index in [9.17, 15) is 9.90 Å². The van der Waals surface area contributed by atoms with Crippen LogP contribution in [0.5, 0.6) is 0 Å². The molecule has 3 saturated heterocycles. The lowest BCUT2D eigenvalue weighted by Gasteiger charge is -2.38. The second kappa shape index (κ2) is 7.28. The molecular weight excluding hydrogens is 278 g/mol. The van der Waals surface area contributed by atoms with Crippen molar-refractivity contribution in [3.63, 3.8) is 0 Å². The fourth-order valence-electron chi connectivity index (χ4n) is 4.15. The van der Waals surface area contributed by atoms with Gasteiger partial charge in [-0.05, 0) is 57.0 Å². The monoisotopic (exact) mass is 309 g/mol. The minimum absolute atomic E-state index is 0.162. The molecule has 0 aliphatic carbocycles. The zero-order valence-electron chi connectivity index (χ0n) is 13.8. The molecule has 0 bridgehead atoms. The van der Waals surface area contributed by atoms with Gasteiger partial charge in [-0.25, -0.2) is 0 Å². The van der Waals surface area contributed by atoms with Crippen LogP contribution < -0.4 is 5.32 Å². The summed E-state index contributed by atoms with van der Waals surface area (Å²) in [7, 11) is 0. The smallest absolute Gasteiger partial charge is 0.239 e. The van der Waals surface area contributed by atoms with Gasteiger partial charge < -0.3 is 20.2 Å². The van der Waals surface area contributed by atoms with Crippen LogP contribution in [0.3, 0.4) is 0 Å². The molecule has 0 saturated carbocycles. The van der Waals surface area contributed by atoms with Crippen molar-refractivity contribution in [1.29, 1.82) is 0 Å². The van der Waals surface area contributed by atoms with Gasteiger partial charge in [-0.15, -0.1) is 0 Å². The van der Waals surface area contributed by atoms with Crippen molar-refractivity contribution in [3.8, 4) is 0 Å². The summed E-state index contributed by atoms with van der Waals surface area (Å²) < 4.78 is 0. The molecule has 5 nitrogen and oxygen atoms in total. The zero-order chi connectivity index (χ0) is 15.5. The van der Waals surface area contributed by atoms with E-state index in [-0.39, 0.29) is 18.1 Å². The van der Waals surface area contributed by atoms with Crippen LogP contribution in [-0.2, 0) is 4.79 Å². The highest BCUT2D eigenvalue weighted by atomic mass is 16.3. The van der Waals surface area contributed by atoms with Gasteiger partial charge in [-0.2, -0.15) is 0 Å². The number of rotatable bonds is 3. The Morgan fingerprint density at radius 1 is 1.23 bits per heavy atom. The number of amides is 1. The largest absolute Gasteiger partial charge is 0.392 e. The Kier molecular flexibility index (Phi) is 5.37. The van der Waals surface area contributed by atoms with E-state index in [4.69, 9.17) is 0 Å². The molecule has 22 heavy (non-hydrogen) atoms. The van der Waals surface area contributed by atoms with Crippen molar-refractivity contribution in [3.05, 3.63) is 0 Å². The minimum Gasteiger partial charge on any atom is -0.392 e. The highest BCUT2D eigenvalue weighted by molar-refractivity contribution is 5.82. The number of piperidine rings is 2. The standard InChI is InChI=1S/C17H31N3O2/c1-13-4-7-19(8-5-13)11-14-3-2-6-20(12-14)17(22)16-9-15(21)10-18-16/h13-16,18,21H,2-12H2,1H3. The van der Waals surface area contributed by atoms with E-state index in [0.717, 1.165) is 32.0 Å². The van der Waals surface area contributed by atoms with Gasteiger partial charge in [0.1, 0.15) is 0 Å². The van der Waals surface area contributed by atoms with Crippen molar-refractivity contribution >= 4 is 5.91 Å². The van der Waals surface area contributed by atoms with Gasteiger partial charge in [0.2, 0.25) is 5.91 Å². The van der Waals surface area contributed by atoms with Gasteiger partial charge in [0.15, 0.2) is 0 Å². The molecule has 0 aromatic rings. The number of carbonyl (C=O) groups excluding carboxylic acids is 1. The SMILES string of the molecule is CC1CCN(CC2CCCN(C(=O)C3CC(O)CN3)C2)CC1. The summed E-state index contributed by atoms with van der Waals surface area (Å²) in [5.74, 6) is 1.70. The average Bonchev–Trinajstić information content (AvgIpc) is 2.96. The number of aliphatic hydroxyl groups excluding tert-OH is 1. The average molecular weight is 309 g/mol. The maximum absolute atomic E-state index is 12.6. The number of aliphatic hydroxyl groups is 1. The van der Waals surface area contributed by atoms with Crippen LogP contribution in [0.4, 0.5) is 0 Å². The third-order valence-electron chi connectivity index (χ3n) is 5.63. The summed E-state index contributed by atoms with van der Waals surface area (Å²) >= 11 is 0. The van der Waals surface area contributed by atoms with Crippen LogP contribution in [0.2, 0.25) is 0 Å². The van der Waals surface area contributed by atoms with Crippen molar-refractivity contribution in [2.24, 2.45) is 11.8 Å². The first-order valence-electron chi connectivity index (χ1n) is 9.04. The molecule has 1 amide bonds. The molecule has 5 heteroatoms. The molecule has 0 aromatic heterocycles. The van der Waals surface area contributed by atoms with Crippen LogP contribution in [0, 0.1) is 11.8 Å². The molecule has 0 spiro atoms. The molecule has 3 fully saturated rings. The van der Waals surface area contributed by atoms with E-state index in [1.54, 1.807) is 0 Å². The third kappa shape index (κ3) is 4.00. The van der Waals surface area contributed by atoms with E-state index < -0.39 is 0 Å². The van der Waals surface area contributed by atoms with Gasteiger partial charge in [-0.3, -0.25) is 4.79 Å². The zero-order valence-corrected chi connectivity index (χ0v) is 13.8. The fraction of sp³-hybridized carbons (Fsp3) is 0.941. The first-order chi connectivity index (χ1) is 10.6. The lowest BCUT2D eigenvalue weighted by molar-refractivity contribution is -0.135. The maximum atomic E-state index is 12.6. The van der Waals surface area contributed by atoms with E-state index >= 15 is 0 Å². The van der Waals surface area contributed by atoms with Crippen LogP contribution in [0.25, 0.3) is 0 Å². The normalized spacial score (nSPS) is 35.0. The van der Waals surface area contributed by atoms with E-state index in [1.807, 2.05) is 4.90 Å². The van der Waals surface area contributed by atoms with Crippen molar-refractivity contribution in [2.45, 2.75) is 51.2 Å². The second-order valence-corrected chi connectivity index (χ2v) is 7.63. The van der Waals surface area contributed by atoms with Crippen molar-refractivity contribution in [2.75, 3.05) is 39.3 Å². The van der Waals surface area contributed by atoms with Gasteiger partial charge in [0.05, 0.1) is 12.1 Å². The number of nitrogens with one attached hydrogen (secondary N) is 1. The van der Waals surface area contributed by atoms with Crippen LogP contribution >= 0.6 is 0 Å². The number of hydrogen-bond donors (Lipinski definition) is 2. The first-order valence-corrected chi connectivity index (χ1v) is 9.04. The number of carbonyl (C=O) groups is 1. The first kappa shape index (κ1) is 16.2. The third-order valence-corrected chi connectivity index (χ3v) is 5.63. The van der Waals surface area contributed by atoms with Crippen LogP contribution in [0.1, 0.15) is 39.0 Å². The molecule has 3 aliphatic heterocycles. The summed E-state index contributed by atoms with van der Waals surface area (Å²) in [6, 6.07) is -0.162. The maximum Gasteiger partial charge on any atom is 0.239 e. The Morgan fingerprint density at radius 3 is 2.68 bits per heavy atom. The Balaban J connectivity index is 1.47. The molecular formula is C17H31N3O2. The molecule has 3 rings (SSSR count). The van der Waals surface area contributed by atoms with E-state index in [0.29, 0.717) is 18.9 Å². The number of nitrogens with zero attached hydrogens (tertiary/aromatic N) is 2. The molecule has 2 N–H and O–H groups in total. The molecule has 0 aromatic carbocycles. The number of β-amino-alcohol motifs (C(OH)–C–C–N with tert-alkyl or cyclic N) is 1. The highest BCUT2D eigenvalue weighted by Gasteiger charge is 2.34. The second-order valence-electron chi connectivity index (χ2n) is 7.63. The Bertz CT molecular complexity index is 382. The van der Waals surface area contributed by atoms with Gasteiger partial charge >= 0.3 is 0 Å². The summed E-state index contributed by atoms with van der Waals surface area (Å²) in [6.45, 7) is 8.29. The Hall–Kier alpha value is -0.650. The molecule has 3 heterocycles. The van der Waals surface area contributed by atoms with Gasteiger partial charge in [0, 0.05) is 26.2 Å². The lowest BCUT2D eigenvalue weighted by atomic mass is 9.94. The van der Waals surface area contributed by atoms with Gasteiger partial charge in [-0.1, -0.05) is 6.92 Å². The molecule has 3 unspecified atom stereocenters. The molecule has 3 atom stereocenters. The van der Waals surface area contributed by atoms with Crippen LogP contribution in [-0.4, -0.2) is 72.2 Å². The lowest BCUT2D eigenvalue weighted by Crippen LogP contribution is -2.50. The Morgan fingerprint density at radius 2 is 2.00 bits per heavy atom. The van der Waals surface area contributed by atoms with E-state index in [1.165, 1.54) is 32.4 Å². The predicted octanol–water partition coefficient (Wildman–Crippen LogP) is 0.680. The van der Waals surface area contributed by atoms with Crippen molar-refractivity contribution in [1.82, 2.24) is 15.1 Å². The summed E-state index contributed by atoms with van der Waals surface area (Å²) in [4.78, 5) is 17.2. The molecule has 126 valence electrons. The fourth-order valence-corrected chi connectivity index (χ4v) is 4.15. The van der Waals surface area contributed by atoms with Crippen LogP contribution in [0.15, 0.2) is 0 Å². The number of likely N-dealkylation sites (tertiary alicyclic amines) is 2. The highest BCUT2D eigenvalue weighted by Crippen LogP contribution is 2.23. The predicted molar refractivity (Wildman–Crippen MR) is 86.6 cm³/mol. The Labute approximate surface area is 134 Å². The summed E-state index contributed by atoms with van der Waals surface area (Å²) in [5, 5.41) is 12.7. The van der Waals surface area contributed by atoms with Crippen molar-refractivity contribution < 1.29 is 9.90 Å². The summed E-state index contributed by atoms with van der Waals surface area (Å²) in [6.07, 6.45) is 5.22. The quantitative estimate of drug-likeness (QED) is 0.805. The van der Waals surface area contributed by atoms with Gasteiger partial charge in [0.25, 0.3) is 0 Å². The molecule has 0 radical (unpaired) electrons. The minimum atomic E-state index is -0.357.